The van der Waals surface area contributed by atoms with Crippen molar-refractivity contribution in [3.8, 4) is 11.4 Å². The van der Waals surface area contributed by atoms with E-state index in [1.807, 2.05) is 54.1 Å². The molecular formula is C29H31N3O4. The Morgan fingerprint density at radius 3 is 2.58 bits per heavy atom. The van der Waals surface area contributed by atoms with Crippen molar-refractivity contribution >= 4 is 18.0 Å². The van der Waals surface area contributed by atoms with Gasteiger partial charge in [0.2, 0.25) is 0 Å². The van der Waals surface area contributed by atoms with Crippen molar-refractivity contribution < 1.29 is 19.1 Å². The zero-order valence-corrected chi connectivity index (χ0v) is 20.9. The Labute approximate surface area is 211 Å². The van der Waals surface area contributed by atoms with Crippen LogP contribution in [0.25, 0.3) is 11.8 Å². The van der Waals surface area contributed by atoms with Crippen LogP contribution in [0.3, 0.4) is 0 Å². The molecule has 1 aromatic heterocycles. The molecule has 0 radical (unpaired) electrons. The van der Waals surface area contributed by atoms with Crippen LogP contribution < -0.4 is 4.74 Å². The summed E-state index contributed by atoms with van der Waals surface area (Å²) in [5, 5.41) is 0. The second-order valence-corrected chi connectivity index (χ2v) is 9.49. The van der Waals surface area contributed by atoms with Gasteiger partial charge in [0.05, 0.1) is 43.5 Å². The van der Waals surface area contributed by atoms with Crippen molar-refractivity contribution in [2.45, 2.75) is 51.1 Å². The van der Waals surface area contributed by atoms with Crippen molar-refractivity contribution in [3.05, 3.63) is 82.9 Å². The Bertz CT molecular complexity index is 1310. The van der Waals surface area contributed by atoms with Gasteiger partial charge in [-0.05, 0) is 80.5 Å². The van der Waals surface area contributed by atoms with Crippen molar-refractivity contribution in [2.24, 2.45) is 0 Å². The summed E-state index contributed by atoms with van der Waals surface area (Å²) in [6, 6.07) is 13.7. The van der Waals surface area contributed by atoms with E-state index in [0.717, 1.165) is 65.9 Å². The highest BCUT2D eigenvalue weighted by Crippen LogP contribution is 2.41. The Hall–Kier alpha value is -3.87. The van der Waals surface area contributed by atoms with Crippen LogP contribution in [-0.2, 0) is 9.53 Å². The Kier molecular flexibility index (Phi) is 6.63. The molecule has 2 atom stereocenters. The fourth-order valence-corrected chi connectivity index (χ4v) is 5.44. The third-order valence-electron chi connectivity index (χ3n) is 7.25. The number of ether oxygens (including phenoxy) is 2. The van der Waals surface area contributed by atoms with E-state index in [0.29, 0.717) is 5.56 Å². The van der Waals surface area contributed by atoms with E-state index in [2.05, 4.69) is 9.88 Å². The summed E-state index contributed by atoms with van der Waals surface area (Å²) in [4.78, 5) is 32.0. The molecule has 2 aromatic carbocycles. The molecular weight excluding hydrogens is 454 g/mol. The number of aryl methyl sites for hydroxylation is 1. The van der Waals surface area contributed by atoms with Crippen LogP contribution in [0.2, 0.25) is 0 Å². The summed E-state index contributed by atoms with van der Waals surface area (Å²) >= 11 is 0. The lowest BCUT2D eigenvalue weighted by atomic mass is 9.83. The molecule has 0 aliphatic carbocycles. The van der Waals surface area contributed by atoms with Crippen LogP contribution in [-0.4, -0.2) is 46.6 Å². The van der Waals surface area contributed by atoms with Gasteiger partial charge in [-0.2, -0.15) is 0 Å². The third kappa shape index (κ3) is 4.53. The van der Waals surface area contributed by atoms with E-state index in [1.54, 1.807) is 25.6 Å². The van der Waals surface area contributed by atoms with E-state index in [4.69, 9.17) is 9.47 Å². The molecule has 7 nitrogen and oxygen atoms in total. The van der Waals surface area contributed by atoms with Gasteiger partial charge >= 0.3 is 5.97 Å². The standard InChI is InChI=1S/C29H31N3O4/c1-19-17-31(18-30-19)26-14-7-20(16-27(26)35-2)15-23-12-13-24-5-4-6-25(32(24)28(23)33)21-8-10-22(11-9-21)29(34)36-3/h7-11,14-18,24-25H,4-6,12-13H2,1-3H3/b23-15+/t24-,25+/m1/s1. The molecule has 0 saturated carbocycles. The van der Waals surface area contributed by atoms with Crippen LogP contribution in [0.15, 0.2) is 60.6 Å². The summed E-state index contributed by atoms with van der Waals surface area (Å²) in [5.41, 5.74) is 5.16. The minimum Gasteiger partial charge on any atom is -0.495 e. The number of hydrogen-bond acceptors (Lipinski definition) is 5. The number of fused-ring (bicyclic) bond motifs is 1. The number of esters is 1. The highest BCUT2D eigenvalue weighted by molar-refractivity contribution is 5.99. The molecule has 3 aromatic rings. The minimum absolute atomic E-state index is 0.00744. The molecule has 0 unspecified atom stereocenters. The number of rotatable bonds is 5. The van der Waals surface area contributed by atoms with E-state index in [9.17, 15) is 9.59 Å². The molecule has 0 spiro atoms. The fourth-order valence-electron chi connectivity index (χ4n) is 5.44. The number of hydrogen-bond donors (Lipinski definition) is 0. The molecule has 36 heavy (non-hydrogen) atoms. The summed E-state index contributed by atoms with van der Waals surface area (Å²) in [5.74, 6) is 0.470. The van der Waals surface area contributed by atoms with Crippen LogP contribution in [0.1, 0.15) is 65.3 Å². The first-order valence-electron chi connectivity index (χ1n) is 12.4. The number of carbonyl (C=O) groups excluding carboxylic acids is 2. The second-order valence-electron chi connectivity index (χ2n) is 9.49. The SMILES string of the molecule is COC(=O)c1ccc([C@@H]2CCC[C@@H]3CC/C(=C\c4ccc(-n5cnc(C)c5)c(OC)c4)C(=O)N32)cc1. The van der Waals surface area contributed by atoms with Crippen LogP contribution in [0.5, 0.6) is 5.75 Å². The maximum absolute atomic E-state index is 13.8. The number of imidazole rings is 1. The van der Waals surface area contributed by atoms with Crippen LogP contribution >= 0.6 is 0 Å². The molecule has 1 amide bonds. The maximum atomic E-state index is 13.8. The Balaban J connectivity index is 1.42. The van der Waals surface area contributed by atoms with Gasteiger partial charge in [-0.1, -0.05) is 18.2 Å². The lowest BCUT2D eigenvalue weighted by Gasteiger charge is -2.46. The average Bonchev–Trinajstić information content (AvgIpc) is 3.35. The summed E-state index contributed by atoms with van der Waals surface area (Å²) < 4.78 is 12.4. The number of nitrogens with zero attached hydrogens (tertiary/aromatic N) is 3. The Morgan fingerprint density at radius 2 is 1.89 bits per heavy atom. The van der Waals surface area contributed by atoms with E-state index >= 15 is 0 Å². The zero-order chi connectivity index (χ0) is 25.2. The first-order valence-corrected chi connectivity index (χ1v) is 12.4. The highest BCUT2D eigenvalue weighted by atomic mass is 16.5. The van der Waals surface area contributed by atoms with Crippen molar-refractivity contribution in [2.75, 3.05) is 14.2 Å². The van der Waals surface area contributed by atoms with Gasteiger partial charge in [0.15, 0.2) is 0 Å². The molecule has 0 bridgehead atoms. The number of benzene rings is 2. The summed E-state index contributed by atoms with van der Waals surface area (Å²) in [6.07, 6.45) is 10.5. The average molecular weight is 486 g/mol. The normalized spacial score (nSPS) is 20.8. The summed E-state index contributed by atoms with van der Waals surface area (Å²) in [6.45, 7) is 1.95. The van der Waals surface area contributed by atoms with Gasteiger partial charge in [0.1, 0.15) is 5.75 Å². The molecule has 5 rings (SSSR count). The van der Waals surface area contributed by atoms with E-state index in [1.165, 1.54) is 7.11 Å². The molecule has 7 heteroatoms. The number of carbonyl (C=O) groups is 2. The predicted octanol–water partition coefficient (Wildman–Crippen LogP) is 5.28. The molecule has 3 heterocycles. The quantitative estimate of drug-likeness (QED) is 0.363. The monoisotopic (exact) mass is 485 g/mol. The van der Waals surface area contributed by atoms with Crippen LogP contribution in [0, 0.1) is 6.92 Å². The second kappa shape index (κ2) is 10.0. The van der Waals surface area contributed by atoms with Gasteiger partial charge in [-0.15, -0.1) is 0 Å². The van der Waals surface area contributed by atoms with E-state index < -0.39 is 0 Å². The lowest BCUT2D eigenvalue weighted by Crippen LogP contribution is -2.49. The van der Waals surface area contributed by atoms with Crippen LogP contribution in [0.4, 0.5) is 0 Å². The van der Waals surface area contributed by atoms with Crippen molar-refractivity contribution in [1.29, 1.82) is 0 Å². The molecule has 2 aliphatic heterocycles. The van der Waals surface area contributed by atoms with Gasteiger partial charge < -0.3 is 18.9 Å². The Morgan fingerprint density at radius 1 is 1.08 bits per heavy atom. The third-order valence-corrected chi connectivity index (χ3v) is 7.25. The van der Waals surface area contributed by atoms with Crippen molar-refractivity contribution in [1.82, 2.24) is 14.5 Å². The smallest absolute Gasteiger partial charge is 0.337 e. The van der Waals surface area contributed by atoms with Gasteiger partial charge in [0, 0.05) is 17.8 Å². The van der Waals surface area contributed by atoms with Gasteiger partial charge in [-0.3, -0.25) is 4.79 Å². The first kappa shape index (κ1) is 23.9. The highest BCUT2D eigenvalue weighted by Gasteiger charge is 2.39. The topological polar surface area (TPSA) is 73.7 Å². The maximum Gasteiger partial charge on any atom is 0.337 e. The lowest BCUT2D eigenvalue weighted by molar-refractivity contribution is -0.136. The number of piperidine rings is 2. The molecule has 2 saturated heterocycles. The van der Waals surface area contributed by atoms with Gasteiger partial charge in [-0.25, -0.2) is 9.78 Å². The summed E-state index contributed by atoms with van der Waals surface area (Å²) in [7, 11) is 3.03. The molecule has 186 valence electrons. The van der Waals surface area contributed by atoms with E-state index in [-0.39, 0.29) is 24.0 Å². The van der Waals surface area contributed by atoms with Gasteiger partial charge in [0.25, 0.3) is 5.91 Å². The van der Waals surface area contributed by atoms with Crippen molar-refractivity contribution in [3.63, 3.8) is 0 Å². The molecule has 2 aliphatic rings. The number of aromatic nitrogens is 2. The molecule has 2 fully saturated rings. The predicted molar refractivity (Wildman–Crippen MR) is 137 cm³/mol. The minimum atomic E-state index is -0.355. The molecule has 0 N–H and O–H groups in total. The largest absolute Gasteiger partial charge is 0.495 e. The first-order chi connectivity index (χ1) is 17.5. The number of amides is 1. The number of methoxy groups -OCH3 is 2. The zero-order valence-electron chi connectivity index (χ0n) is 20.9. The fraction of sp³-hybridized carbons (Fsp3) is 0.345.